The van der Waals surface area contributed by atoms with Crippen molar-refractivity contribution in [2.75, 3.05) is 0 Å². The van der Waals surface area contributed by atoms with Crippen LogP contribution >= 0.6 is 0 Å². The number of hydrogen-bond donors (Lipinski definition) is 0. The highest BCUT2D eigenvalue weighted by Gasteiger charge is 2.20. The van der Waals surface area contributed by atoms with Gasteiger partial charge in [0.2, 0.25) is 0 Å². The third kappa shape index (κ3) is 5.52. The number of fused-ring (bicyclic) bond motifs is 9. The summed E-state index contributed by atoms with van der Waals surface area (Å²) in [5, 5.41) is 11.0. The van der Waals surface area contributed by atoms with Gasteiger partial charge in [0.1, 0.15) is 22.3 Å². The molecule has 0 spiro atoms. The molecule has 0 aliphatic rings. The first kappa shape index (κ1) is 34.5. The second kappa shape index (κ2) is 13.6. The maximum atomic E-state index is 6.34. The summed E-state index contributed by atoms with van der Waals surface area (Å²) >= 11 is 0. The number of furan rings is 2. The van der Waals surface area contributed by atoms with E-state index in [-0.39, 0.29) is 0 Å². The Bertz CT molecular complexity index is 3940. The van der Waals surface area contributed by atoms with Crippen LogP contribution in [0, 0.1) is 0 Å². The molecule has 5 nitrogen and oxygen atoms in total. The van der Waals surface area contributed by atoms with E-state index < -0.39 is 0 Å². The van der Waals surface area contributed by atoms with Crippen LogP contribution in [-0.2, 0) is 0 Å². The quantitative estimate of drug-likeness (QED) is 0.174. The molecule has 0 N–H and O–H groups in total. The summed E-state index contributed by atoms with van der Waals surface area (Å²) in [7, 11) is 0. The molecule has 288 valence electrons. The van der Waals surface area contributed by atoms with Crippen LogP contribution in [-0.4, -0.2) is 15.0 Å². The average Bonchev–Trinajstić information content (AvgIpc) is 3.90. The van der Waals surface area contributed by atoms with Crippen molar-refractivity contribution in [3.05, 3.63) is 200 Å². The standard InChI is InChI=1S/C57H33N3O2/c1-2-11-34(12-3-1)36-23-21-35-22-26-39(31-40(35)29-36)55-58-56(60-57(59-55)48-17-10-20-52-54(48)47-16-7-9-19-51(47)61-52)46-28-27-42(43-13-4-5-14-44(43)46)38-25-24-37-32-49-45-15-6-8-18-50(45)62-53(49)33-41(37)30-38/h1-33H. The third-order valence-electron chi connectivity index (χ3n) is 12.3. The zero-order valence-electron chi connectivity index (χ0n) is 33.2. The number of nitrogens with zero attached hydrogens (tertiary/aromatic N) is 3. The Morgan fingerprint density at radius 1 is 0.258 bits per heavy atom. The summed E-state index contributed by atoms with van der Waals surface area (Å²) in [6.45, 7) is 0. The normalized spacial score (nSPS) is 11.9. The maximum Gasteiger partial charge on any atom is 0.164 e. The molecule has 10 aromatic carbocycles. The van der Waals surface area contributed by atoms with Crippen LogP contribution in [0.4, 0.5) is 0 Å². The number of aromatic nitrogens is 3. The topological polar surface area (TPSA) is 65.0 Å². The van der Waals surface area contributed by atoms with Crippen molar-refractivity contribution >= 4 is 76.2 Å². The minimum atomic E-state index is 0.583. The summed E-state index contributed by atoms with van der Waals surface area (Å²) in [6, 6.07) is 70.0. The molecule has 0 radical (unpaired) electrons. The Morgan fingerprint density at radius 3 is 1.66 bits per heavy atom. The molecule has 62 heavy (non-hydrogen) atoms. The molecular weight excluding hydrogens is 759 g/mol. The van der Waals surface area contributed by atoms with Gasteiger partial charge < -0.3 is 8.83 Å². The van der Waals surface area contributed by atoms with E-state index in [4.69, 9.17) is 23.8 Å². The van der Waals surface area contributed by atoms with Gasteiger partial charge in [-0.3, -0.25) is 0 Å². The van der Waals surface area contributed by atoms with Crippen LogP contribution in [0.1, 0.15) is 0 Å². The van der Waals surface area contributed by atoms with E-state index in [0.29, 0.717) is 17.5 Å². The molecule has 3 heterocycles. The van der Waals surface area contributed by atoms with Gasteiger partial charge >= 0.3 is 0 Å². The SMILES string of the molecule is c1ccc(-c2ccc3ccc(-c4nc(-c5ccc(-c6ccc7cc8c(cc7c6)oc6ccccc68)c6ccccc56)nc(-c5cccc6oc7ccccc7c56)n4)cc3c2)cc1. The number of rotatable bonds is 5. The van der Waals surface area contributed by atoms with Gasteiger partial charge in [0.15, 0.2) is 17.5 Å². The van der Waals surface area contributed by atoms with Crippen LogP contribution in [0.2, 0.25) is 0 Å². The molecule has 13 rings (SSSR count). The van der Waals surface area contributed by atoms with Crippen molar-refractivity contribution in [2.24, 2.45) is 0 Å². The minimum absolute atomic E-state index is 0.583. The Kier molecular flexibility index (Phi) is 7.54. The van der Waals surface area contributed by atoms with Gasteiger partial charge in [0, 0.05) is 38.2 Å². The maximum absolute atomic E-state index is 6.34. The highest BCUT2D eigenvalue weighted by Crippen LogP contribution is 2.41. The second-order valence-corrected chi connectivity index (χ2v) is 15.9. The van der Waals surface area contributed by atoms with E-state index in [1.165, 1.54) is 10.9 Å². The second-order valence-electron chi connectivity index (χ2n) is 15.9. The van der Waals surface area contributed by atoms with Gasteiger partial charge in [0.05, 0.1) is 0 Å². The van der Waals surface area contributed by atoms with Crippen molar-refractivity contribution in [2.45, 2.75) is 0 Å². The van der Waals surface area contributed by atoms with E-state index in [1.807, 2.05) is 48.5 Å². The molecule has 0 atom stereocenters. The number of hydrogen-bond acceptors (Lipinski definition) is 5. The summed E-state index contributed by atoms with van der Waals surface area (Å²) in [6.07, 6.45) is 0. The summed E-state index contributed by atoms with van der Waals surface area (Å²) in [4.78, 5) is 15.9. The smallest absolute Gasteiger partial charge is 0.164 e. The Labute approximate surface area is 355 Å². The minimum Gasteiger partial charge on any atom is -0.456 e. The molecular formula is C57H33N3O2. The van der Waals surface area contributed by atoms with Crippen LogP contribution < -0.4 is 0 Å². The molecule has 5 heteroatoms. The lowest BCUT2D eigenvalue weighted by Gasteiger charge is -2.14. The first-order valence-corrected chi connectivity index (χ1v) is 20.8. The van der Waals surface area contributed by atoms with Crippen LogP contribution in [0.15, 0.2) is 209 Å². The lowest BCUT2D eigenvalue weighted by atomic mass is 9.93. The lowest BCUT2D eigenvalue weighted by Crippen LogP contribution is -2.01. The molecule has 0 fully saturated rings. The number of para-hydroxylation sites is 2. The molecule has 13 aromatic rings. The molecule has 0 saturated heterocycles. The van der Waals surface area contributed by atoms with Crippen molar-refractivity contribution in [1.29, 1.82) is 0 Å². The van der Waals surface area contributed by atoms with E-state index in [1.54, 1.807) is 0 Å². The van der Waals surface area contributed by atoms with Gasteiger partial charge in [0.25, 0.3) is 0 Å². The van der Waals surface area contributed by atoms with E-state index in [0.717, 1.165) is 104 Å². The average molecular weight is 792 g/mol. The predicted octanol–water partition coefficient (Wildman–Crippen LogP) is 15.5. The molecule has 0 unspecified atom stereocenters. The van der Waals surface area contributed by atoms with Gasteiger partial charge in [-0.25, -0.2) is 15.0 Å². The molecule has 0 aliphatic heterocycles. The van der Waals surface area contributed by atoms with Crippen molar-refractivity contribution < 1.29 is 8.83 Å². The van der Waals surface area contributed by atoms with Crippen molar-refractivity contribution in [3.8, 4) is 56.4 Å². The first-order chi connectivity index (χ1) is 30.7. The van der Waals surface area contributed by atoms with Gasteiger partial charge in [-0.05, 0) is 109 Å². The van der Waals surface area contributed by atoms with Gasteiger partial charge in [-0.2, -0.15) is 0 Å². The zero-order valence-corrected chi connectivity index (χ0v) is 33.2. The molecule has 0 saturated carbocycles. The van der Waals surface area contributed by atoms with Crippen molar-refractivity contribution in [3.63, 3.8) is 0 Å². The Hall–Kier alpha value is -8.41. The fourth-order valence-corrected chi connectivity index (χ4v) is 9.28. The number of benzene rings is 10. The fraction of sp³-hybridized carbons (Fsp3) is 0. The van der Waals surface area contributed by atoms with Gasteiger partial charge in [-0.1, -0.05) is 146 Å². The molecule has 0 bridgehead atoms. The molecule has 0 aliphatic carbocycles. The summed E-state index contributed by atoms with van der Waals surface area (Å²) in [5.41, 5.74) is 10.7. The lowest BCUT2D eigenvalue weighted by molar-refractivity contribution is 0.669. The fourth-order valence-electron chi connectivity index (χ4n) is 9.28. The highest BCUT2D eigenvalue weighted by atomic mass is 16.3. The molecule has 0 amide bonds. The zero-order chi connectivity index (χ0) is 40.7. The van der Waals surface area contributed by atoms with Crippen LogP contribution in [0.25, 0.3) is 133 Å². The predicted molar refractivity (Wildman–Crippen MR) is 254 cm³/mol. The first-order valence-electron chi connectivity index (χ1n) is 20.8. The Morgan fingerprint density at radius 2 is 0.823 bits per heavy atom. The van der Waals surface area contributed by atoms with Gasteiger partial charge in [-0.15, -0.1) is 0 Å². The van der Waals surface area contributed by atoms with Crippen LogP contribution in [0.3, 0.4) is 0 Å². The third-order valence-corrected chi connectivity index (χ3v) is 12.3. The monoisotopic (exact) mass is 791 g/mol. The largest absolute Gasteiger partial charge is 0.456 e. The van der Waals surface area contributed by atoms with E-state index in [2.05, 4.69) is 152 Å². The van der Waals surface area contributed by atoms with E-state index >= 15 is 0 Å². The van der Waals surface area contributed by atoms with Crippen LogP contribution in [0.5, 0.6) is 0 Å². The summed E-state index contributed by atoms with van der Waals surface area (Å²) < 4.78 is 12.6. The highest BCUT2D eigenvalue weighted by molar-refractivity contribution is 6.13. The van der Waals surface area contributed by atoms with E-state index in [9.17, 15) is 0 Å². The Balaban J connectivity index is 0.998. The van der Waals surface area contributed by atoms with Crippen molar-refractivity contribution in [1.82, 2.24) is 15.0 Å². The molecule has 3 aromatic heterocycles. The summed E-state index contributed by atoms with van der Waals surface area (Å²) in [5.74, 6) is 1.78.